The highest BCUT2D eigenvalue weighted by Gasteiger charge is 2.27. The van der Waals surface area contributed by atoms with Gasteiger partial charge in [0.1, 0.15) is 5.82 Å². The highest BCUT2D eigenvalue weighted by Crippen LogP contribution is 2.37. The van der Waals surface area contributed by atoms with E-state index < -0.39 is 0 Å². The molecular weight excluding hydrogens is 333 g/mol. The Morgan fingerprint density at radius 2 is 2.14 bits per heavy atom. The Bertz CT molecular complexity index is 856. The number of nitrogens with zero attached hydrogens (tertiary/aromatic N) is 2. The van der Waals surface area contributed by atoms with Crippen LogP contribution in [-0.2, 0) is 13.0 Å². The van der Waals surface area contributed by atoms with Crippen LogP contribution in [0.15, 0.2) is 40.9 Å². The molecule has 0 spiro atoms. The van der Waals surface area contributed by atoms with Crippen molar-refractivity contribution in [1.82, 2.24) is 9.55 Å². The molecule has 1 heterocycles. The van der Waals surface area contributed by atoms with E-state index in [9.17, 15) is 4.39 Å². The number of hydrogen-bond donors (Lipinski definition) is 1. The number of aromatic nitrogens is 2. The zero-order chi connectivity index (χ0) is 14.6. The minimum Gasteiger partial charge on any atom is -0.369 e. The van der Waals surface area contributed by atoms with Gasteiger partial charge in [0.05, 0.1) is 15.5 Å². The normalized spacial score (nSPS) is 16.8. The molecule has 4 rings (SSSR count). The summed E-state index contributed by atoms with van der Waals surface area (Å²) in [5.41, 5.74) is 10.3. The third-order valence-electron chi connectivity index (χ3n) is 4.18. The molecule has 0 bridgehead atoms. The summed E-state index contributed by atoms with van der Waals surface area (Å²) in [5, 5.41) is 0. The van der Waals surface area contributed by atoms with E-state index in [-0.39, 0.29) is 5.82 Å². The molecule has 0 saturated carbocycles. The minimum atomic E-state index is -0.318. The van der Waals surface area contributed by atoms with Gasteiger partial charge in [0, 0.05) is 18.5 Å². The largest absolute Gasteiger partial charge is 0.369 e. The maximum absolute atomic E-state index is 13.6. The molecule has 1 aliphatic rings. The maximum atomic E-state index is 13.6. The maximum Gasteiger partial charge on any atom is 0.201 e. The molecule has 0 amide bonds. The van der Waals surface area contributed by atoms with E-state index in [2.05, 4.69) is 45.2 Å². The Morgan fingerprint density at radius 1 is 1.33 bits per heavy atom. The van der Waals surface area contributed by atoms with Gasteiger partial charge in [-0.2, -0.15) is 0 Å². The number of imidazole rings is 1. The van der Waals surface area contributed by atoms with Crippen molar-refractivity contribution in [2.75, 3.05) is 5.73 Å². The van der Waals surface area contributed by atoms with Crippen molar-refractivity contribution in [3.05, 3.63) is 57.8 Å². The molecule has 106 valence electrons. The Kier molecular flexibility index (Phi) is 2.79. The first-order valence-electron chi connectivity index (χ1n) is 6.82. The number of hydrogen-bond acceptors (Lipinski definition) is 2. The molecule has 3 aromatic rings. The minimum absolute atomic E-state index is 0.318. The first-order chi connectivity index (χ1) is 10.1. The van der Waals surface area contributed by atoms with Crippen LogP contribution in [0.5, 0.6) is 0 Å². The summed E-state index contributed by atoms with van der Waals surface area (Å²) in [5.74, 6) is 0.567. The highest BCUT2D eigenvalue weighted by molar-refractivity contribution is 9.10. The lowest BCUT2D eigenvalue weighted by molar-refractivity contribution is 0.520. The van der Waals surface area contributed by atoms with Crippen LogP contribution in [0.25, 0.3) is 11.0 Å². The molecular formula is C16H13BrFN3. The summed E-state index contributed by atoms with van der Waals surface area (Å²) in [6, 6.07) is 11.6. The predicted octanol–water partition coefficient (Wildman–Crippen LogP) is 3.86. The van der Waals surface area contributed by atoms with Crippen molar-refractivity contribution in [2.45, 2.75) is 18.9 Å². The van der Waals surface area contributed by atoms with Gasteiger partial charge in [-0.15, -0.1) is 0 Å². The Balaban J connectivity index is 1.75. The first kappa shape index (κ1) is 12.8. The SMILES string of the molecule is Nc1nc2cc(F)c(Br)cc2n1CC1Cc2ccccc21. The van der Waals surface area contributed by atoms with Gasteiger partial charge in [-0.3, -0.25) is 0 Å². The lowest BCUT2D eigenvalue weighted by atomic mass is 9.77. The van der Waals surface area contributed by atoms with Crippen molar-refractivity contribution in [2.24, 2.45) is 0 Å². The van der Waals surface area contributed by atoms with E-state index >= 15 is 0 Å². The van der Waals surface area contributed by atoms with E-state index in [0.717, 1.165) is 18.5 Å². The quantitative estimate of drug-likeness (QED) is 0.766. The molecule has 5 heteroatoms. The molecule has 3 nitrogen and oxygen atoms in total. The molecule has 2 aromatic carbocycles. The third-order valence-corrected chi connectivity index (χ3v) is 4.79. The molecule has 1 aliphatic carbocycles. The van der Waals surface area contributed by atoms with E-state index in [4.69, 9.17) is 5.73 Å². The van der Waals surface area contributed by atoms with Gasteiger partial charge in [0.25, 0.3) is 0 Å². The molecule has 1 atom stereocenters. The molecule has 0 saturated heterocycles. The number of anilines is 1. The molecule has 0 radical (unpaired) electrons. The molecule has 0 aliphatic heterocycles. The van der Waals surface area contributed by atoms with Gasteiger partial charge < -0.3 is 10.3 Å². The third kappa shape index (κ3) is 1.95. The van der Waals surface area contributed by atoms with Crippen LogP contribution in [-0.4, -0.2) is 9.55 Å². The number of rotatable bonds is 2. The van der Waals surface area contributed by atoms with Crippen molar-refractivity contribution in [3.8, 4) is 0 Å². The number of nitrogen functional groups attached to an aromatic ring is 1. The van der Waals surface area contributed by atoms with Crippen molar-refractivity contribution >= 4 is 32.9 Å². The van der Waals surface area contributed by atoms with Crippen LogP contribution in [0.3, 0.4) is 0 Å². The van der Waals surface area contributed by atoms with Crippen LogP contribution >= 0.6 is 15.9 Å². The smallest absolute Gasteiger partial charge is 0.201 e. The Hall–Kier alpha value is -1.88. The number of halogens is 2. The summed E-state index contributed by atoms with van der Waals surface area (Å²) in [6.45, 7) is 0.775. The molecule has 2 N–H and O–H groups in total. The van der Waals surface area contributed by atoms with E-state index in [1.807, 2.05) is 4.57 Å². The van der Waals surface area contributed by atoms with E-state index in [1.165, 1.54) is 17.2 Å². The summed E-state index contributed by atoms with van der Waals surface area (Å²) < 4.78 is 16.0. The van der Waals surface area contributed by atoms with Crippen molar-refractivity contribution in [1.29, 1.82) is 0 Å². The second-order valence-corrected chi connectivity index (χ2v) is 6.29. The fourth-order valence-electron chi connectivity index (χ4n) is 3.08. The fraction of sp³-hybridized carbons (Fsp3) is 0.188. The van der Waals surface area contributed by atoms with E-state index in [0.29, 0.717) is 21.9 Å². The standard InChI is InChI=1S/C16H13BrFN3/c17-12-6-15-14(7-13(12)18)20-16(19)21(15)8-10-5-9-3-1-2-4-11(9)10/h1-4,6-7,10H,5,8H2,(H2,19,20). The summed E-state index contributed by atoms with van der Waals surface area (Å²) in [6.07, 6.45) is 1.05. The summed E-state index contributed by atoms with van der Waals surface area (Å²) in [4.78, 5) is 4.26. The average Bonchev–Trinajstić information content (AvgIpc) is 2.72. The van der Waals surface area contributed by atoms with Gasteiger partial charge in [-0.05, 0) is 39.5 Å². The highest BCUT2D eigenvalue weighted by atomic mass is 79.9. The molecule has 1 aromatic heterocycles. The Labute approximate surface area is 129 Å². The number of fused-ring (bicyclic) bond motifs is 2. The van der Waals surface area contributed by atoms with Gasteiger partial charge in [-0.25, -0.2) is 9.37 Å². The topological polar surface area (TPSA) is 43.8 Å². The van der Waals surface area contributed by atoms with Crippen LogP contribution in [0.4, 0.5) is 10.3 Å². The number of nitrogens with two attached hydrogens (primary N) is 1. The van der Waals surface area contributed by atoms with Gasteiger partial charge in [0.15, 0.2) is 0 Å². The predicted molar refractivity (Wildman–Crippen MR) is 84.7 cm³/mol. The van der Waals surface area contributed by atoms with Crippen molar-refractivity contribution < 1.29 is 4.39 Å². The summed E-state index contributed by atoms with van der Waals surface area (Å²) >= 11 is 3.23. The van der Waals surface area contributed by atoms with E-state index in [1.54, 1.807) is 6.07 Å². The van der Waals surface area contributed by atoms with Crippen LogP contribution < -0.4 is 5.73 Å². The monoisotopic (exact) mass is 345 g/mol. The molecule has 21 heavy (non-hydrogen) atoms. The number of benzene rings is 2. The molecule has 1 unspecified atom stereocenters. The summed E-state index contributed by atoms with van der Waals surface area (Å²) in [7, 11) is 0. The lowest BCUT2D eigenvalue weighted by Crippen LogP contribution is -2.22. The Morgan fingerprint density at radius 3 is 2.95 bits per heavy atom. The van der Waals surface area contributed by atoms with Gasteiger partial charge in [0.2, 0.25) is 5.95 Å². The van der Waals surface area contributed by atoms with Crippen LogP contribution in [0, 0.1) is 5.82 Å². The van der Waals surface area contributed by atoms with Gasteiger partial charge >= 0.3 is 0 Å². The van der Waals surface area contributed by atoms with Crippen LogP contribution in [0.2, 0.25) is 0 Å². The fourth-order valence-corrected chi connectivity index (χ4v) is 3.41. The average molecular weight is 346 g/mol. The second-order valence-electron chi connectivity index (χ2n) is 5.44. The first-order valence-corrected chi connectivity index (χ1v) is 7.61. The molecule has 0 fully saturated rings. The zero-order valence-corrected chi connectivity index (χ0v) is 12.8. The van der Waals surface area contributed by atoms with Crippen LogP contribution in [0.1, 0.15) is 17.0 Å². The zero-order valence-electron chi connectivity index (χ0n) is 11.2. The van der Waals surface area contributed by atoms with Gasteiger partial charge in [-0.1, -0.05) is 24.3 Å². The second kappa shape index (κ2) is 4.56. The lowest BCUT2D eigenvalue weighted by Gasteiger charge is -2.30. The van der Waals surface area contributed by atoms with Crippen molar-refractivity contribution in [3.63, 3.8) is 0 Å².